The number of aromatic hydroxyl groups is 2. The summed E-state index contributed by atoms with van der Waals surface area (Å²) >= 11 is 0. The van der Waals surface area contributed by atoms with E-state index in [1.807, 2.05) is 0 Å². The number of hydrogen-bond acceptors (Lipinski definition) is 2. The monoisotopic (exact) mass is 244 g/mol. The molecule has 4 aliphatic rings. The Morgan fingerprint density at radius 1 is 0.833 bits per heavy atom. The summed E-state index contributed by atoms with van der Waals surface area (Å²) in [4.78, 5) is 0. The van der Waals surface area contributed by atoms with E-state index in [1.54, 1.807) is 18.2 Å². The van der Waals surface area contributed by atoms with Crippen molar-refractivity contribution < 1.29 is 10.2 Å². The molecule has 0 aromatic heterocycles. The Balaban J connectivity index is 1.74. The lowest BCUT2D eigenvalue weighted by atomic mass is 9.50. The first-order valence-corrected chi connectivity index (χ1v) is 7.22. The van der Waals surface area contributed by atoms with Gasteiger partial charge in [-0.2, -0.15) is 0 Å². The van der Waals surface area contributed by atoms with Gasteiger partial charge in [-0.1, -0.05) is 0 Å². The minimum Gasteiger partial charge on any atom is -0.508 e. The van der Waals surface area contributed by atoms with Crippen LogP contribution in [0.15, 0.2) is 18.2 Å². The highest BCUT2D eigenvalue weighted by atomic mass is 16.3. The van der Waals surface area contributed by atoms with E-state index in [0.29, 0.717) is 11.7 Å². The van der Waals surface area contributed by atoms with E-state index < -0.39 is 0 Å². The van der Waals surface area contributed by atoms with Gasteiger partial charge in [0.1, 0.15) is 11.5 Å². The lowest BCUT2D eigenvalue weighted by Crippen LogP contribution is -2.43. The Morgan fingerprint density at radius 2 is 1.44 bits per heavy atom. The van der Waals surface area contributed by atoms with E-state index in [2.05, 4.69) is 0 Å². The number of phenols is 2. The highest BCUT2D eigenvalue weighted by Gasteiger charge is 2.49. The van der Waals surface area contributed by atoms with E-state index in [-0.39, 0.29) is 5.75 Å². The second-order valence-electron chi connectivity index (χ2n) is 6.70. The van der Waals surface area contributed by atoms with Crippen LogP contribution in [-0.2, 0) is 0 Å². The van der Waals surface area contributed by atoms with E-state index in [9.17, 15) is 10.2 Å². The predicted molar refractivity (Wildman–Crippen MR) is 69.6 cm³/mol. The summed E-state index contributed by atoms with van der Waals surface area (Å²) in [6.45, 7) is 0. The van der Waals surface area contributed by atoms with Crippen LogP contribution < -0.4 is 0 Å². The Hall–Kier alpha value is -1.18. The van der Waals surface area contributed by atoms with Crippen molar-refractivity contribution in [1.29, 1.82) is 0 Å². The lowest BCUT2D eigenvalue weighted by Gasteiger charge is -2.54. The molecule has 4 fully saturated rings. The molecular weight excluding hydrogens is 224 g/mol. The van der Waals surface area contributed by atoms with Crippen molar-refractivity contribution >= 4 is 0 Å². The van der Waals surface area contributed by atoms with E-state index in [1.165, 1.54) is 32.1 Å². The Labute approximate surface area is 108 Å². The first kappa shape index (κ1) is 10.7. The molecule has 1 aromatic carbocycles. The van der Waals surface area contributed by atoms with E-state index in [0.717, 1.165) is 29.2 Å². The van der Waals surface area contributed by atoms with Crippen LogP contribution in [-0.4, -0.2) is 10.2 Å². The van der Waals surface area contributed by atoms with Crippen LogP contribution in [0.25, 0.3) is 0 Å². The van der Waals surface area contributed by atoms with Gasteiger partial charge in [-0.3, -0.25) is 0 Å². The SMILES string of the molecule is Oc1ccc(O)c(C2C3CC4CC(C3)CC2C4)c1. The second-order valence-corrected chi connectivity index (χ2v) is 6.70. The van der Waals surface area contributed by atoms with Crippen molar-refractivity contribution in [1.82, 2.24) is 0 Å². The minimum absolute atomic E-state index is 0.289. The summed E-state index contributed by atoms with van der Waals surface area (Å²) < 4.78 is 0. The molecule has 18 heavy (non-hydrogen) atoms. The number of rotatable bonds is 1. The van der Waals surface area contributed by atoms with Crippen LogP contribution in [0.3, 0.4) is 0 Å². The standard InChI is InChI=1S/C16H20O2/c17-13-1-2-15(18)14(8-13)16-11-4-9-3-10(6-11)7-12(16)5-9/h1-2,8-12,16-18H,3-7H2. The molecule has 0 aliphatic heterocycles. The summed E-state index contributed by atoms with van der Waals surface area (Å²) in [6, 6.07) is 5.02. The van der Waals surface area contributed by atoms with Crippen LogP contribution in [0, 0.1) is 23.7 Å². The van der Waals surface area contributed by atoms with Crippen molar-refractivity contribution in [3.8, 4) is 11.5 Å². The fourth-order valence-electron chi connectivity index (χ4n) is 5.24. The zero-order valence-electron chi connectivity index (χ0n) is 10.5. The van der Waals surface area contributed by atoms with E-state index >= 15 is 0 Å². The molecular formula is C16H20O2. The Kier molecular flexibility index (Phi) is 2.18. The molecule has 0 heterocycles. The maximum absolute atomic E-state index is 10.1. The second kappa shape index (κ2) is 3.66. The van der Waals surface area contributed by atoms with Gasteiger partial charge in [-0.05, 0) is 79.9 Å². The average Bonchev–Trinajstić information content (AvgIpc) is 2.32. The van der Waals surface area contributed by atoms with Crippen molar-refractivity contribution in [2.75, 3.05) is 0 Å². The fraction of sp³-hybridized carbons (Fsp3) is 0.625. The third-order valence-electron chi connectivity index (χ3n) is 5.60. The molecule has 5 rings (SSSR count). The quantitative estimate of drug-likeness (QED) is 0.740. The molecule has 2 nitrogen and oxygen atoms in total. The maximum Gasteiger partial charge on any atom is 0.119 e. The number of hydrogen-bond donors (Lipinski definition) is 2. The van der Waals surface area contributed by atoms with Gasteiger partial charge in [0.25, 0.3) is 0 Å². The molecule has 0 radical (unpaired) electrons. The van der Waals surface area contributed by atoms with Crippen LogP contribution in [0.2, 0.25) is 0 Å². The van der Waals surface area contributed by atoms with Crippen LogP contribution in [0.4, 0.5) is 0 Å². The number of benzene rings is 1. The largest absolute Gasteiger partial charge is 0.508 e. The third kappa shape index (κ3) is 1.47. The molecule has 0 unspecified atom stereocenters. The van der Waals surface area contributed by atoms with E-state index in [4.69, 9.17) is 0 Å². The molecule has 0 spiro atoms. The molecule has 0 saturated heterocycles. The molecule has 0 atom stereocenters. The topological polar surface area (TPSA) is 40.5 Å². The van der Waals surface area contributed by atoms with Crippen molar-refractivity contribution in [2.45, 2.75) is 38.0 Å². The normalized spacial score (nSPS) is 41.2. The molecule has 2 N–H and O–H groups in total. The molecule has 1 aromatic rings. The summed E-state index contributed by atoms with van der Waals surface area (Å²) in [5.74, 6) is 4.54. The highest BCUT2D eigenvalue weighted by molar-refractivity contribution is 5.42. The summed E-state index contributed by atoms with van der Waals surface area (Å²) in [5, 5.41) is 19.8. The smallest absolute Gasteiger partial charge is 0.119 e. The molecule has 4 saturated carbocycles. The summed E-state index contributed by atoms with van der Waals surface area (Å²) in [6.07, 6.45) is 6.81. The van der Waals surface area contributed by atoms with Gasteiger partial charge in [0.2, 0.25) is 0 Å². The van der Waals surface area contributed by atoms with Gasteiger partial charge in [0.15, 0.2) is 0 Å². The molecule has 4 aliphatic carbocycles. The maximum atomic E-state index is 10.1. The zero-order chi connectivity index (χ0) is 12.3. The van der Waals surface area contributed by atoms with Crippen LogP contribution >= 0.6 is 0 Å². The van der Waals surface area contributed by atoms with Gasteiger partial charge in [0, 0.05) is 5.56 Å². The van der Waals surface area contributed by atoms with Crippen LogP contribution in [0.1, 0.15) is 43.6 Å². The van der Waals surface area contributed by atoms with Crippen molar-refractivity contribution in [2.24, 2.45) is 23.7 Å². The van der Waals surface area contributed by atoms with Gasteiger partial charge < -0.3 is 10.2 Å². The molecule has 4 bridgehead atoms. The average molecular weight is 244 g/mol. The predicted octanol–water partition coefficient (Wildman–Crippen LogP) is 3.64. The third-order valence-corrected chi connectivity index (χ3v) is 5.60. The Bertz CT molecular complexity index is 452. The fourth-order valence-corrected chi connectivity index (χ4v) is 5.24. The molecule has 2 heteroatoms. The van der Waals surface area contributed by atoms with Gasteiger partial charge in [-0.25, -0.2) is 0 Å². The Morgan fingerprint density at radius 3 is 2.06 bits per heavy atom. The summed E-state index contributed by atoms with van der Waals surface area (Å²) in [7, 11) is 0. The van der Waals surface area contributed by atoms with Gasteiger partial charge in [0.05, 0.1) is 0 Å². The number of phenolic OH excluding ortho intramolecular Hbond substituents is 2. The first-order valence-electron chi connectivity index (χ1n) is 7.22. The van der Waals surface area contributed by atoms with Crippen molar-refractivity contribution in [3.05, 3.63) is 23.8 Å². The zero-order valence-corrected chi connectivity index (χ0v) is 10.5. The molecule has 96 valence electrons. The van der Waals surface area contributed by atoms with Gasteiger partial charge >= 0.3 is 0 Å². The lowest BCUT2D eigenvalue weighted by molar-refractivity contribution is -0.00352. The highest BCUT2D eigenvalue weighted by Crippen LogP contribution is 2.60. The molecule has 0 amide bonds. The summed E-state index contributed by atoms with van der Waals surface area (Å²) in [5.41, 5.74) is 1.00. The van der Waals surface area contributed by atoms with Crippen LogP contribution in [0.5, 0.6) is 11.5 Å². The minimum atomic E-state index is 0.289. The first-order chi connectivity index (χ1) is 8.70. The van der Waals surface area contributed by atoms with Crippen molar-refractivity contribution in [3.63, 3.8) is 0 Å². The van der Waals surface area contributed by atoms with Gasteiger partial charge in [-0.15, -0.1) is 0 Å².